The van der Waals surface area contributed by atoms with Gasteiger partial charge in [-0.25, -0.2) is 0 Å². The molecule has 1 unspecified atom stereocenters. The van der Waals surface area contributed by atoms with Crippen LogP contribution in [0, 0.1) is 0 Å². The summed E-state index contributed by atoms with van der Waals surface area (Å²) in [7, 11) is 0. The minimum atomic E-state index is 0.00155. The smallest absolute Gasteiger partial charge is 0.231 e. The molecular formula is C17H16O5. The molecule has 0 radical (unpaired) electrons. The van der Waals surface area contributed by atoms with E-state index in [0.29, 0.717) is 19.0 Å². The van der Waals surface area contributed by atoms with Crippen molar-refractivity contribution in [3.63, 3.8) is 0 Å². The van der Waals surface area contributed by atoms with E-state index in [0.717, 1.165) is 29.0 Å². The number of rotatable bonds is 3. The van der Waals surface area contributed by atoms with Crippen molar-refractivity contribution in [2.24, 2.45) is 0 Å². The summed E-state index contributed by atoms with van der Waals surface area (Å²) in [6.45, 7) is 1.23. The molecule has 2 aromatic carbocycles. The lowest BCUT2D eigenvalue weighted by molar-refractivity contribution is 0.000182. The maximum atomic E-state index is 9.28. The van der Waals surface area contributed by atoms with Crippen LogP contribution in [0.2, 0.25) is 0 Å². The van der Waals surface area contributed by atoms with Crippen LogP contribution in [0.5, 0.6) is 23.0 Å². The average molecular weight is 300 g/mol. The van der Waals surface area contributed by atoms with Crippen LogP contribution in [-0.4, -0.2) is 24.6 Å². The molecule has 0 aromatic heterocycles. The molecule has 5 nitrogen and oxygen atoms in total. The summed E-state index contributed by atoms with van der Waals surface area (Å²) in [6.07, 6.45) is 0.783. The van der Waals surface area contributed by atoms with E-state index in [1.54, 1.807) is 12.1 Å². The van der Waals surface area contributed by atoms with Crippen molar-refractivity contribution >= 4 is 0 Å². The van der Waals surface area contributed by atoms with Crippen molar-refractivity contribution < 1.29 is 24.1 Å². The zero-order chi connectivity index (χ0) is 14.9. The van der Waals surface area contributed by atoms with Gasteiger partial charge in [0.15, 0.2) is 11.5 Å². The summed E-state index contributed by atoms with van der Waals surface area (Å²) in [5.74, 6) is 2.48. The van der Waals surface area contributed by atoms with E-state index in [-0.39, 0.29) is 18.6 Å². The highest BCUT2D eigenvalue weighted by atomic mass is 16.7. The Labute approximate surface area is 128 Å². The Hall–Kier alpha value is -2.40. The third kappa shape index (κ3) is 2.44. The van der Waals surface area contributed by atoms with Crippen LogP contribution in [0.25, 0.3) is 0 Å². The number of hydrogen-bond donors (Lipinski definition) is 1. The number of fused-ring (bicyclic) bond motifs is 3. The SMILES string of the molecule is Oc1ccc(COC2COc3c(ccc4c3OCO4)C2)cc1. The second kappa shape index (κ2) is 5.42. The van der Waals surface area contributed by atoms with Gasteiger partial charge in [0.25, 0.3) is 0 Å². The lowest BCUT2D eigenvalue weighted by Gasteiger charge is -2.26. The Morgan fingerprint density at radius 1 is 1.00 bits per heavy atom. The second-order valence-electron chi connectivity index (χ2n) is 5.40. The first-order valence-electron chi connectivity index (χ1n) is 7.23. The third-order valence-corrected chi connectivity index (χ3v) is 3.86. The van der Waals surface area contributed by atoms with Crippen LogP contribution in [0.1, 0.15) is 11.1 Å². The molecule has 0 saturated carbocycles. The summed E-state index contributed by atoms with van der Waals surface area (Å²) in [4.78, 5) is 0. The Bertz CT molecular complexity index is 680. The van der Waals surface area contributed by atoms with Crippen LogP contribution in [-0.2, 0) is 17.8 Å². The van der Waals surface area contributed by atoms with Crippen LogP contribution >= 0.6 is 0 Å². The van der Waals surface area contributed by atoms with Crippen LogP contribution in [0.4, 0.5) is 0 Å². The fourth-order valence-corrected chi connectivity index (χ4v) is 2.70. The van der Waals surface area contributed by atoms with Gasteiger partial charge < -0.3 is 24.1 Å². The molecule has 2 aliphatic rings. The van der Waals surface area contributed by atoms with Gasteiger partial charge in [-0.1, -0.05) is 18.2 Å². The molecular weight excluding hydrogens is 284 g/mol. The van der Waals surface area contributed by atoms with E-state index in [9.17, 15) is 5.11 Å². The molecule has 2 aromatic rings. The highest BCUT2D eigenvalue weighted by Gasteiger charge is 2.28. The maximum Gasteiger partial charge on any atom is 0.231 e. The van der Waals surface area contributed by atoms with Crippen molar-refractivity contribution in [1.29, 1.82) is 0 Å². The van der Waals surface area contributed by atoms with Crippen molar-refractivity contribution in [3.8, 4) is 23.0 Å². The molecule has 1 atom stereocenters. The van der Waals surface area contributed by atoms with Crippen LogP contribution < -0.4 is 14.2 Å². The minimum Gasteiger partial charge on any atom is -0.508 e. The van der Waals surface area contributed by atoms with Gasteiger partial charge in [-0.3, -0.25) is 0 Å². The number of phenolic OH excluding ortho intramolecular Hbond substituents is 1. The number of hydrogen-bond acceptors (Lipinski definition) is 5. The van der Waals surface area contributed by atoms with E-state index in [1.165, 1.54) is 0 Å². The standard InChI is InChI=1S/C17H16O5/c18-13-4-1-11(2-5-13)8-19-14-7-12-3-6-15-17(22-10-21-15)16(12)20-9-14/h1-6,14,18H,7-10H2. The van der Waals surface area contributed by atoms with Gasteiger partial charge in [0.05, 0.1) is 12.7 Å². The van der Waals surface area contributed by atoms with Gasteiger partial charge in [0.2, 0.25) is 12.5 Å². The summed E-state index contributed by atoms with van der Waals surface area (Å²) in [5, 5.41) is 9.28. The molecule has 5 heteroatoms. The van der Waals surface area contributed by atoms with Gasteiger partial charge in [-0.2, -0.15) is 0 Å². The maximum absolute atomic E-state index is 9.28. The molecule has 0 bridgehead atoms. The summed E-state index contributed by atoms with van der Waals surface area (Å²) < 4.78 is 22.5. The largest absolute Gasteiger partial charge is 0.508 e. The molecule has 0 amide bonds. The Kier molecular flexibility index (Phi) is 3.27. The topological polar surface area (TPSA) is 57.2 Å². The lowest BCUT2D eigenvalue weighted by atomic mass is 10.0. The van der Waals surface area contributed by atoms with Gasteiger partial charge >= 0.3 is 0 Å². The van der Waals surface area contributed by atoms with Gasteiger partial charge in [0, 0.05) is 12.0 Å². The predicted molar refractivity (Wildman–Crippen MR) is 78.4 cm³/mol. The molecule has 0 spiro atoms. The monoisotopic (exact) mass is 300 g/mol. The van der Waals surface area contributed by atoms with Gasteiger partial charge in [-0.05, 0) is 23.8 Å². The fraction of sp³-hybridized carbons (Fsp3) is 0.294. The minimum absolute atomic E-state index is 0.00155. The first-order chi connectivity index (χ1) is 10.8. The normalized spacial score (nSPS) is 18.6. The molecule has 22 heavy (non-hydrogen) atoms. The Balaban J connectivity index is 1.43. The quantitative estimate of drug-likeness (QED) is 0.944. The summed E-state index contributed by atoms with van der Waals surface area (Å²) in [5.41, 5.74) is 2.10. The van der Waals surface area contributed by atoms with E-state index >= 15 is 0 Å². The summed E-state index contributed by atoms with van der Waals surface area (Å²) >= 11 is 0. The van der Waals surface area contributed by atoms with E-state index < -0.39 is 0 Å². The van der Waals surface area contributed by atoms with Crippen molar-refractivity contribution in [1.82, 2.24) is 0 Å². The number of ether oxygens (including phenoxy) is 4. The average Bonchev–Trinajstić information content (AvgIpc) is 3.03. The second-order valence-corrected chi connectivity index (χ2v) is 5.40. The summed E-state index contributed by atoms with van der Waals surface area (Å²) in [6, 6.07) is 10.9. The molecule has 114 valence electrons. The van der Waals surface area contributed by atoms with Gasteiger partial charge in [-0.15, -0.1) is 0 Å². The molecule has 0 saturated heterocycles. The third-order valence-electron chi connectivity index (χ3n) is 3.86. The first-order valence-corrected chi connectivity index (χ1v) is 7.23. The lowest BCUT2D eigenvalue weighted by Crippen LogP contribution is -2.28. The molecule has 0 aliphatic carbocycles. The van der Waals surface area contributed by atoms with E-state index in [1.807, 2.05) is 24.3 Å². The highest BCUT2D eigenvalue weighted by molar-refractivity contribution is 5.57. The van der Waals surface area contributed by atoms with E-state index in [2.05, 4.69) is 0 Å². The zero-order valence-electron chi connectivity index (χ0n) is 12.0. The Morgan fingerprint density at radius 3 is 2.73 bits per heavy atom. The van der Waals surface area contributed by atoms with Crippen molar-refractivity contribution in [2.75, 3.05) is 13.4 Å². The zero-order valence-corrected chi connectivity index (χ0v) is 12.0. The molecule has 1 N–H and O–H groups in total. The molecule has 0 fully saturated rings. The fourth-order valence-electron chi connectivity index (χ4n) is 2.70. The number of aromatic hydroxyl groups is 1. The molecule has 4 rings (SSSR count). The first kappa shape index (κ1) is 13.3. The van der Waals surface area contributed by atoms with Crippen LogP contribution in [0.15, 0.2) is 36.4 Å². The van der Waals surface area contributed by atoms with Crippen LogP contribution in [0.3, 0.4) is 0 Å². The van der Waals surface area contributed by atoms with Gasteiger partial charge in [0.1, 0.15) is 12.4 Å². The molecule has 2 aliphatic heterocycles. The van der Waals surface area contributed by atoms with E-state index in [4.69, 9.17) is 18.9 Å². The number of phenols is 1. The Morgan fingerprint density at radius 2 is 1.86 bits per heavy atom. The number of benzene rings is 2. The highest BCUT2D eigenvalue weighted by Crippen LogP contribution is 2.45. The van der Waals surface area contributed by atoms with Crippen molar-refractivity contribution in [2.45, 2.75) is 19.1 Å². The van der Waals surface area contributed by atoms with Crippen molar-refractivity contribution in [3.05, 3.63) is 47.5 Å². The molecule has 2 heterocycles. The predicted octanol–water partition coefficient (Wildman–Crippen LogP) is 2.64.